The van der Waals surface area contributed by atoms with Crippen molar-refractivity contribution in [2.24, 2.45) is 0 Å². The van der Waals surface area contributed by atoms with E-state index in [0.717, 1.165) is 0 Å². The Kier molecular flexibility index (Phi) is 7.32. The standard InChI is InChI=1S/Ba.FH2O4P/c;1-5-6(2,3)4/h;(H2,2,3,4)/p-2. The molecule has 7 heavy (non-hydrogen) atoms. The van der Waals surface area contributed by atoms with Crippen LogP contribution in [0.3, 0.4) is 0 Å². The van der Waals surface area contributed by atoms with Crippen LogP contribution >= 0.6 is 7.82 Å². The van der Waals surface area contributed by atoms with Crippen LogP contribution in [0.4, 0.5) is 4.53 Å². The first kappa shape index (κ1) is 11.4. The van der Waals surface area contributed by atoms with E-state index in [1.54, 1.807) is 0 Å². The third-order valence-electron chi connectivity index (χ3n) is 0.0845. The van der Waals surface area contributed by atoms with Gasteiger partial charge in [-0.2, -0.15) is 4.73 Å². The van der Waals surface area contributed by atoms with Crippen LogP contribution in [0, 0.1) is 0 Å². The molecule has 0 unspecified atom stereocenters. The minimum Gasteiger partial charge on any atom is -0.787 e. The number of hydrogen-bond acceptors (Lipinski definition) is 4. The van der Waals surface area contributed by atoms with Crippen LogP contribution in [-0.4, -0.2) is 48.9 Å². The van der Waals surface area contributed by atoms with Crippen LogP contribution in [0.1, 0.15) is 0 Å². The molecule has 0 aliphatic heterocycles. The van der Waals surface area contributed by atoms with Crippen molar-refractivity contribution in [3.05, 3.63) is 0 Å². The predicted molar refractivity (Wildman–Crippen MR) is 15.6 cm³/mol. The van der Waals surface area contributed by atoms with Crippen LogP contribution in [0.5, 0.6) is 0 Å². The van der Waals surface area contributed by atoms with E-state index in [-0.39, 0.29) is 48.9 Å². The Labute approximate surface area is 79.3 Å². The van der Waals surface area contributed by atoms with Crippen molar-refractivity contribution < 1.29 is 23.6 Å². The SMILES string of the molecule is O=P([O-])([O-])OF.[Ba]. The molecule has 0 saturated heterocycles. The normalized spacial score (nSPS) is 10.1. The van der Waals surface area contributed by atoms with Gasteiger partial charge in [-0.05, 0) is 4.53 Å². The molecular formula is BaFO4P-2. The Morgan fingerprint density at radius 3 is 1.71 bits per heavy atom. The molecule has 2 radical (unpaired) electrons. The van der Waals surface area contributed by atoms with Crippen molar-refractivity contribution in [3.8, 4) is 0 Å². The first-order valence-corrected chi connectivity index (χ1v) is 2.35. The van der Waals surface area contributed by atoms with Crippen LogP contribution in [0.2, 0.25) is 0 Å². The van der Waals surface area contributed by atoms with Gasteiger partial charge in [0.2, 0.25) is 0 Å². The fourth-order valence-corrected chi connectivity index (χ4v) is 0. The van der Waals surface area contributed by atoms with Gasteiger partial charge < -0.3 is 14.4 Å². The Morgan fingerprint density at radius 2 is 1.71 bits per heavy atom. The molecule has 7 heteroatoms. The fourth-order valence-electron chi connectivity index (χ4n) is 0. The second-order valence-electron chi connectivity index (χ2n) is 0.516. The molecule has 4 nitrogen and oxygen atoms in total. The van der Waals surface area contributed by atoms with Gasteiger partial charge in [-0.3, -0.25) is 0 Å². The Morgan fingerprint density at radius 1 is 1.57 bits per heavy atom. The van der Waals surface area contributed by atoms with Gasteiger partial charge in [0.1, 0.15) is 7.82 Å². The summed E-state index contributed by atoms with van der Waals surface area (Å²) < 4.78 is 20.9. The maximum Gasteiger partial charge on any atom is 0.106 e. The molecule has 0 bridgehead atoms. The van der Waals surface area contributed by atoms with Crippen molar-refractivity contribution in [2.75, 3.05) is 0 Å². The summed E-state index contributed by atoms with van der Waals surface area (Å²) >= 11 is 0. The molecule has 40 valence electrons. The molecule has 0 spiro atoms. The van der Waals surface area contributed by atoms with Crippen LogP contribution in [-0.2, 0) is 9.29 Å². The topological polar surface area (TPSA) is 72.4 Å². The van der Waals surface area contributed by atoms with E-state index in [1.165, 1.54) is 0 Å². The minimum atomic E-state index is -5.31. The largest absolute Gasteiger partial charge is 0.787 e. The molecule has 0 atom stereocenters. The summed E-state index contributed by atoms with van der Waals surface area (Å²) in [6.45, 7) is 0. The van der Waals surface area contributed by atoms with Crippen molar-refractivity contribution in [3.63, 3.8) is 0 Å². The minimum absolute atomic E-state index is 0. The summed E-state index contributed by atoms with van der Waals surface area (Å²) in [6, 6.07) is 0. The van der Waals surface area contributed by atoms with E-state index < -0.39 is 7.82 Å². The van der Waals surface area contributed by atoms with Crippen LogP contribution in [0.25, 0.3) is 0 Å². The zero-order valence-corrected chi connectivity index (χ0v) is 8.50. The zero-order chi connectivity index (χ0) is 5.21. The molecule has 0 aromatic heterocycles. The van der Waals surface area contributed by atoms with Gasteiger partial charge in [-0.25, -0.2) is 0 Å². The van der Waals surface area contributed by atoms with Gasteiger partial charge >= 0.3 is 0 Å². The molecule has 0 heterocycles. The molecule has 0 aliphatic rings. The maximum atomic E-state index is 10.1. The number of halogens is 1. The van der Waals surface area contributed by atoms with E-state index >= 15 is 0 Å². The molecule has 0 aliphatic carbocycles. The first-order valence-electron chi connectivity index (χ1n) is 0.885. The summed E-state index contributed by atoms with van der Waals surface area (Å²) in [7, 11) is -5.31. The van der Waals surface area contributed by atoms with E-state index in [9.17, 15) is 4.53 Å². The van der Waals surface area contributed by atoms with Gasteiger partial charge in [-0.1, -0.05) is 0 Å². The van der Waals surface area contributed by atoms with Gasteiger partial charge in [0.25, 0.3) is 0 Å². The Bertz CT molecular complexity index is 75.8. The molecule has 0 rings (SSSR count). The van der Waals surface area contributed by atoms with Crippen molar-refractivity contribution >= 4 is 56.7 Å². The average Bonchev–Trinajstić information content (AvgIpc) is 1.35. The van der Waals surface area contributed by atoms with Crippen molar-refractivity contribution in [2.45, 2.75) is 0 Å². The summed E-state index contributed by atoms with van der Waals surface area (Å²) in [6.07, 6.45) is 0. The van der Waals surface area contributed by atoms with Gasteiger partial charge in [0.15, 0.2) is 0 Å². The quantitative estimate of drug-likeness (QED) is 0.413. The monoisotopic (exact) mass is 252 g/mol. The van der Waals surface area contributed by atoms with E-state index in [1.807, 2.05) is 4.73 Å². The number of phosphoric acid groups is 1. The fraction of sp³-hybridized carbons (Fsp3) is 0. The maximum absolute atomic E-state index is 10.1. The summed E-state index contributed by atoms with van der Waals surface area (Å²) in [5.41, 5.74) is 0. The Hall–Kier alpha value is 1.61. The average molecular weight is 251 g/mol. The van der Waals surface area contributed by atoms with Gasteiger partial charge in [0, 0.05) is 48.9 Å². The van der Waals surface area contributed by atoms with Crippen molar-refractivity contribution in [1.29, 1.82) is 0 Å². The summed E-state index contributed by atoms with van der Waals surface area (Å²) in [5.74, 6) is 0. The van der Waals surface area contributed by atoms with E-state index in [2.05, 4.69) is 0 Å². The first-order chi connectivity index (χ1) is 2.56. The molecule has 0 amide bonds. The molecule has 0 saturated carbocycles. The molecule has 0 aromatic rings. The Balaban J connectivity index is 0. The third kappa shape index (κ3) is 11.3. The zero-order valence-electron chi connectivity index (χ0n) is 3.17. The molecule has 0 fully saturated rings. The smallest absolute Gasteiger partial charge is 0.106 e. The van der Waals surface area contributed by atoms with Crippen LogP contribution < -0.4 is 9.79 Å². The predicted octanol–water partition coefficient (Wildman–Crippen LogP) is -1.66. The third-order valence-corrected chi connectivity index (χ3v) is 0.254. The van der Waals surface area contributed by atoms with Gasteiger partial charge in [-0.15, -0.1) is 0 Å². The molecule has 0 aromatic carbocycles. The number of rotatable bonds is 1. The van der Waals surface area contributed by atoms with Gasteiger partial charge in [0.05, 0.1) is 0 Å². The summed E-state index contributed by atoms with van der Waals surface area (Å²) in [5, 5.41) is 0. The molecule has 0 N–H and O–H groups in total. The van der Waals surface area contributed by atoms with Crippen molar-refractivity contribution in [1.82, 2.24) is 0 Å². The summed E-state index contributed by atoms with van der Waals surface area (Å²) in [4.78, 5) is 17.8. The second kappa shape index (κ2) is 4.49. The van der Waals surface area contributed by atoms with E-state index in [4.69, 9.17) is 14.4 Å². The molecular weight excluding hydrogens is 251 g/mol. The second-order valence-corrected chi connectivity index (χ2v) is 1.55. The number of hydrogen-bond donors (Lipinski definition) is 0. The van der Waals surface area contributed by atoms with Crippen LogP contribution in [0.15, 0.2) is 0 Å². The van der Waals surface area contributed by atoms with E-state index in [0.29, 0.717) is 0 Å².